The van der Waals surface area contributed by atoms with Crippen LogP contribution in [0, 0.1) is 25.2 Å². The minimum Gasteiger partial charge on any atom is -0.497 e. The van der Waals surface area contributed by atoms with Crippen molar-refractivity contribution in [3.05, 3.63) is 59.3 Å². The highest BCUT2D eigenvalue weighted by molar-refractivity contribution is 5.95. The van der Waals surface area contributed by atoms with Crippen LogP contribution in [0.5, 0.6) is 5.75 Å². The summed E-state index contributed by atoms with van der Waals surface area (Å²) in [6, 6.07) is 14.5. The molecule has 33 heavy (non-hydrogen) atoms. The molecule has 1 saturated heterocycles. The lowest BCUT2D eigenvalue weighted by atomic mass is 9.89. The van der Waals surface area contributed by atoms with Gasteiger partial charge in [0.15, 0.2) is 0 Å². The number of aryl methyl sites for hydroxylation is 2. The molecule has 0 aliphatic carbocycles. The van der Waals surface area contributed by atoms with Crippen LogP contribution >= 0.6 is 0 Å². The smallest absolute Gasteiger partial charge is 0.241 e. The number of H-pyrrole nitrogens is 1. The Hall–Kier alpha value is -3.30. The van der Waals surface area contributed by atoms with Gasteiger partial charge in [-0.15, -0.1) is 0 Å². The Balaban J connectivity index is 1.42. The van der Waals surface area contributed by atoms with E-state index in [1.54, 1.807) is 12.0 Å². The summed E-state index contributed by atoms with van der Waals surface area (Å²) in [6.07, 6.45) is 4.47. The third-order valence-corrected chi connectivity index (χ3v) is 6.57. The predicted molar refractivity (Wildman–Crippen MR) is 132 cm³/mol. The van der Waals surface area contributed by atoms with Crippen LogP contribution in [0.3, 0.4) is 0 Å². The van der Waals surface area contributed by atoms with Crippen molar-refractivity contribution in [2.75, 3.05) is 38.2 Å². The van der Waals surface area contributed by atoms with E-state index in [9.17, 15) is 4.79 Å². The fourth-order valence-electron chi connectivity index (χ4n) is 4.93. The summed E-state index contributed by atoms with van der Waals surface area (Å²) >= 11 is 0. The fraction of sp³-hybridized carbons (Fsp3) is 0.407. The van der Waals surface area contributed by atoms with E-state index in [0.29, 0.717) is 25.4 Å². The van der Waals surface area contributed by atoms with Gasteiger partial charge in [-0.1, -0.05) is 6.07 Å². The number of rotatable bonds is 7. The minimum atomic E-state index is 0.0607. The molecule has 0 saturated carbocycles. The second-order valence-electron chi connectivity index (χ2n) is 9.01. The number of aromatic nitrogens is 1. The van der Waals surface area contributed by atoms with E-state index >= 15 is 0 Å². The highest BCUT2D eigenvalue weighted by Crippen LogP contribution is 2.34. The number of fused-ring (bicyclic) bond motifs is 1. The van der Waals surface area contributed by atoms with Crippen LogP contribution in [0.15, 0.2) is 42.6 Å². The summed E-state index contributed by atoms with van der Waals surface area (Å²) in [4.78, 5) is 20.7. The monoisotopic (exact) mass is 444 g/mol. The lowest BCUT2D eigenvalue weighted by Crippen LogP contribution is -2.43. The normalized spacial score (nSPS) is 14.8. The SMILES string of the molecule is COc1ccc2[nH]cc(C3CCN(CC(=O)N(CCC#N)c4cc(C)cc(C)c4)CC3)c2c1. The number of carbonyl (C=O) groups is 1. The molecule has 0 radical (unpaired) electrons. The van der Waals surface area contributed by atoms with Crippen LogP contribution in [0.25, 0.3) is 10.9 Å². The fourth-order valence-corrected chi connectivity index (χ4v) is 4.93. The Bertz CT molecular complexity index is 1150. The number of piperidine rings is 1. The van der Waals surface area contributed by atoms with Gasteiger partial charge in [0.1, 0.15) is 5.75 Å². The van der Waals surface area contributed by atoms with Crippen LogP contribution in [0.4, 0.5) is 5.69 Å². The van der Waals surface area contributed by atoms with Gasteiger partial charge in [0, 0.05) is 29.3 Å². The van der Waals surface area contributed by atoms with Crippen molar-refractivity contribution in [3.63, 3.8) is 0 Å². The molecule has 1 aliphatic heterocycles. The molecular weight excluding hydrogens is 412 g/mol. The molecule has 2 aromatic carbocycles. The zero-order chi connectivity index (χ0) is 23.4. The molecule has 1 aromatic heterocycles. The second-order valence-corrected chi connectivity index (χ2v) is 9.01. The molecule has 4 rings (SSSR count). The minimum absolute atomic E-state index is 0.0607. The number of likely N-dealkylation sites (tertiary alicyclic amines) is 1. The number of benzene rings is 2. The average Bonchev–Trinajstić information content (AvgIpc) is 3.22. The molecule has 172 valence electrons. The maximum atomic E-state index is 13.3. The van der Waals surface area contributed by atoms with Crippen molar-refractivity contribution in [2.24, 2.45) is 0 Å². The number of nitrogens with zero attached hydrogens (tertiary/aromatic N) is 3. The zero-order valence-corrected chi connectivity index (χ0v) is 19.7. The van der Waals surface area contributed by atoms with E-state index in [0.717, 1.165) is 54.0 Å². The molecule has 1 fully saturated rings. The van der Waals surface area contributed by atoms with Crippen molar-refractivity contribution in [3.8, 4) is 11.8 Å². The summed E-state index contributed by atoms with van der Waals surface area (Å²) < 4.78 is 5.41. The summed E-state index contributed by atoms with van der Waals surface area (Å²) in [5, 5.41) is 10.3. The zero-order valence-electron chi connectivity index (χ0n) is 19.7. The molecule has 6 heteroatoms. The van der Waals surface area contributed by atoms with Gasteiger partial charge in [0.05, 0.1) is 26.1 Å². The largest absolute Gasteiger partial charge is 0.497 e. The first-order valence-corrected chi connectivity index (χ1v) is 11.6. The third-order valence-electron chi connectivity index (χ3n) is 6.57. The maximum Gasteiger partial charge on any atom is 0.241 e. The van der Waals surface area contributed by atoms with E-state index in [1.807, 2.05) is 32.0 Å². The predicted octanol–water partition coefficient (Wildman–Crippen LogP) is 4.92. The quantitative estimate of drug-likeness (QED) is 0.561. The van der Waals surface area contributed by atoms with Crippen LogP contribution < -0.4 is 9.64 Å². The Morgan fingerprint density at radius 1 is 1.18 bits per heavy atom. The Morgan fingerprint density at radius 2 is 1.91 bits per heavy atom. The van der Waals surface area contributed by atoms with Crippen LogP contribution in [-0.2, 0) is 4.79 Å². The number of hydrogen-bond acceptors (Lipinski definition) is 4. The van der Waals surface area contributed by atoms with E-state index in [4.69, 9.17) is 10.00 Å². The number of nitriles is 1. The Kier molecular flexibility index (Phi) is 7.00. The Labute approximate surface area is 195 Å². The Morgan fingerprint density at radius 3 is 2.58 bits per heavy atom. The molecule has 0 spiro atoms. The van der Waals surface area contributed by atoms with Crippen LogP contribution in [0.2, 0.25) is 0 Å². The standard InChI is InChI=1S/C27H32N4O2/c1-19-13-20(2)15-22(14-19)31(10-4-9-28)27(32)18-30-11-7-21(8-12-30)25-17-29-26-6-5-23(33-3)16-24(25)26/h5-6,13-17,21,29H,4,7-8,10-12,18H2,1-3H3. The van der Waals surface area contributed by atoms with Gasteiger partial charge < -0.3 is 14.6 Å². The first-order valence-electron chi connectivity index (χ1n) is 11.6. The molecular formula is C27H32N4O2. The molecule has 0 unspecified atom stereocenters. The first kappa shape index (κ1) is 22.9. The molecule has 2 heterocycles. The highest BCUT2D eigenvalue weighted by Gasteiger charge is 2.26. The highest BCUT2D eigenvalue weighted by atomic mass is 16.5. The van der Waals surface area contributed by atoms with E-state index in [1.165, 1.54) is 10.9 Å². The molecule has 6 nitrogen and oxygen atoms in total. The first-order chi connectivity index (χ1) is 16.0. The third kappa shape index (κ3) is 5.20. The molecule has 1 aliphatic rings. The number of methoxy groups -OCH3 is 1. The van der Waals surface area contributed by atoms with Gasteiger partial charge in [0.2, 0.25) is 5.91 Å². The van der Waals surface area contributed by atoms with Crippen molar-refractivity contribution in [2.45, 2.75) is 39.0 Å². The molecule has 1 amide bonds. The number of amides is 1. The van der Waals surface area contributed by atoms with E-state index in [2.05, 4.69) is 40.3 Å². The van der Waals surface area contributed by atoms with Crippen molar-refractivity contribution < 1.29 is 9.53 Å². The van der Waals surface area contributed by atoms with Gasteiger partial charge in [-0.25, -0.2) is 0 Å². The molecule has 3 aromatic rings. The van der Waals surface area contributed by atoms with Gasteiger partial charge in [-0.3, -0.25) is 9.69 Å². The molecule has 0 atom stereocenters. The van der Waals surface area contributed by atoms with Crippen LogP contribution in [0.1, 0.15) is 41.9 Å². The van der Waals surface area contributed by atoms with Crippen molar-refractivity contribution in [1.29, 1.82) is 5.26 Å². The molecule has 0 bridgehead atoms. The van der Waals surface area contributed by atoms with Crippen molar-refractivity contribution >= 4 is 22.5 Å². The number of nitrogens with one attached hydrogen (secondary N) is 1. The van der Waals surface area contributed by atoms with E-state index < -0.39 is 0 Å². The summed E-state index contributed by atoms with van der Waals surface area (Å²) in [6.45, 7) is 6.64. The molecule has 1 N–H and O–H groups in total. The summed E-state index contributed by atoms with van der Waals surface area (Å²) in [5.41, 5.74) is 5.59. The lowest BCUT2D eigenvalue weighted by molar-refractivity contribution is -0.120. The number of aromatic amines is 1. The number of anilines is 1. The van der Waals surface area contributed by atoms with Gasteiger partial charge in [-0.05, 0) is 92.7 Å². The second kappa shape index (κ2) is 10.1. The number of carbonyl (C=O) groups excluding carboxylic acids is 1. The lowest BCUT2D eigenvalue weighted by Gasteiger charge is -2.33. The average molecular weight is 445 g/mol. The van der Waals surface area contributed by atoms with Crippen molar-refractivity contribution in [1.82, 2.24) is 9.88 Å². The maximum absolute atomic E-state index is 13.3. The number of ether oxygens (including phenoxy) is 1. The van der Waals surface area contributed by atoms with Crippen LogP contribution in [-0.4, -0.2) is 49.1 Å². The topological polar surface area (TPSA) is 72.4 Å². The van der Waals surface area contributed by atoms with E-state index in [-0.39, 0.29) is 5.91 Å². The summed E-state index contributed by atoms with van der Waals surface area (Å²) in [7, 11) is 1.70. The van der Waals surface area contributed by atoms with Gasteiger partial charge in [0.25, 0.3) is 0 Å². The number of hydrogen-bond donors (Lipinski definition) is 1. The summed E-state index contributed by atoms with van der Waals surface area (Å²) in [5.74, 6) is 1.40. The van der Waals surface area contributed by atoms with Gasteiger partial charge >= 0.3 is 0 Å². The van der Waals surface area contributed by atoms with Gasteiger partial charge in [-0.2, -0.15) is 5.26 Å².